The Morgan fingerprint density at radius 2 is 1.44 bits per heavy atom. The molecule has 1 unspecified atom stereocenters. The summed E-state index contributed by atoms with van der Waals surface area (Å²) in [7, 11) is -1.45. The second kappa shape index (κ2) is 13.8. The van der Waals surface area contributed by atoms with E-state index in [4.69, 9.17) is 19.7 Å². The number of carbonyl (C=O) groups is 2. The van der Waals surface area contributed by atoms with Gasteiger partial charge in [0.15, 0.2) is 11.3 Å². The highest BCUT2D eigenvalue weighted by atomic mass is 32.1. The summed E-state index contributed by atoms with van der Waals surface area (Å²) >= 11 is 1.41. The number of nitrogens with zero attached hydrogens (tertiary/aromatic N) is 2. The van der Waals surface area contributed by atoms with Crippen LogP contribution in [-0.4, -0.2) is 48.5 Å². The molecule has 0 fully saturated rings. The van der Waals surface area contributed by atoms with E-state index in [1.165, 1.54) is 18.3 Å². The number of ether oxygens (including phenoxy) is 1. The van der Waals surface area contributed by atoms with E-state index in [9.17, 15) is 9.59 Å². The molecule has 4 aromatic rings. The monoisotopic (exact) mass is 615 g/mol. The Morgan fingerprint density at radius 1 is 0.930 bits per heavy atom. The van der Waals surface area contributed by atoms with Gasteiger partial charge in [-0.1, -0.05) is 116 Å². The Bertz CT molecular complexity index is 1430. The predicted octanol–water partition coefficient (Wildman–Crippen LogP) is 6.82. The van der Waals surface area contributed by atoms with Gasteiger partial charge >= 0.3 is 11.9 Å². The lowest BCUT2D eigenvalue weighted by molar-refractivity contribution is -0.170. The van der Waals surface area contributed by atoms with Crippen molar-refractivity contribution in [1.29, 1.82) is 0 Å². The molecule has 0 amide bonds. The average molecular weight is 616 g/mol. The zero-order valence-corrected chi connectivity index (χ0v) is 26.6. The number of esters is 1. The van der Waals surface area contributed by atoms with E-state index in [1.54, 1.807) is 0 Å². The maximum Gasteiger partial charge on any atom is 0.353 e. The van der Waals surface area contributed by atoms with Gasteiger partial charge < -0.3 is 20.0 Å². The van der Waals surface area contributed by atoms with E-state index in [0.717, 1.165) is 22.7 Å². The average Bonchev–Trinajstić information content (AvgIpc) is 3.42. The molecule has 10 heteroatoms. The molecule has 0 aliphatic heterocycles. The number of benzene rings is 3. The van der Waals surface area contributed by atoms with Crippen LogP contribution in [0.4, 0.5) is 5.13 Å². The first-order valence-corrected chi connectivity index (χ1v) is 18.6. The Labute approximate surface area is 257 Å². The van der Waals surface area contributed by atoms with Crippen molar-refractivity contribution in [2.24, 2.45) is 5.16 Å². The van der Waals surface area contributed by atoms with Crippen molar-refractivity contribution in [1.82, 2.24) is 4.98 Å². The van der Waals surface area contributed by atoms with Crippen LogP contribution in [-0.2, 0) is 31.1 Å². The van der Waals surface area contributed by atoms with Gasteiger partial charge in [-0.2, -0.15) is 0 Å². The molecule has 1 aromatic heterocycles. The second-order valence-electron chi connectivity index (χ2n) is 11.6. The van der Waals surface area contributed by atoms with Gasteiger partial charge in [-0.15, -0.1) is 11.3 Å². The summed E-state index contributed by atoms with van der Waals surface area (Å²) in [5.74, 6) is -1.91. The molecule has 2 N–H and O–H groups in total. The number of hydrogen-bond acceptors (Lipinski definition) is 8. The zero-order valence-electron chi connectivity index (χ0n) is 24.8. The number of aliphatic carboxylic acids is 1. The van der Waals surface area contributed by atoms with Crippen molar-refractivity contribution < 1.29 is 24.3 Å². The maximum atomic E-state index is 13.2. The van der Waals surface area contributed by atoms with Crippen molar-refractivity contribution in [3.05, 3.63) is 119 Å². The van der Waals surface area contributed by atoms with Gasteiger partial charge in [-0.05, 0) is 29.7 Å². The molecule has 1 heterocycles. The fraction of sp³-hybridized carbons (Fsp3) is 0.273. The highest BCUT2D eigenvalue weighted by Crippen LogP contribution is 2.40. The van der Waals surface area contributed by atoms with Crippen LogP contribution in [0.3, 0.4) is 0 Å². The van der Waals surface area contributed by atoms with Crippen molar-refractivity contribution in [3.63, 3.8) is 0 Å². The number of aromatic nitrogens is 1. The molecule has 1 atom stereocenters. The minimum absolute atomic E-state index is 0.0307. The van der Waals surface area contributed by atoms with E-state index in [-0.39, 0.29) is 13.0 Å². The first-order valence-electron chi connectivity index (χ1n) is 14.0. The molecule has 0 aliphatic rings. The van der Waals surface area contributed by atoms with Gasteiger partial charge in [0.1, 0.15) is 5.54 Å². The van der Waals surface area contributed by atoms with E-state index in [0.29, 0.717) is 17.0 Å². The number of carbonyl (C=O) groups excluding carboxylic acids is 1. The van der Waals surface area contributed by atoms with Crippen LogP contribution in [0.25, 0.3) is 0 Å². The van der Waals surface area contributed by atoms with Gasteiger partial charge in [0, 0.05) is 19.9 Å². The molecule has 0 saturated heterocycles. The van der Waals surface area contributed by atoms with Crippen molar-refractivity contribution in [3.8, 4) is 0 Å². The summed E-state index contributed by atoms with van der Waals surface area (Å²) < 4.78 is 5.58. The smallest absolute Gasteiger partial charge is 0.353 e. The SMILES string of the molecule is CC(Cc1csc(NC(c2ccccc2)(c2ccccc2)c2ccccc2)n1)(ON=CC(=O)O)C(=O)OCC[Si](C)(C)C. The normalized spacial score (nSPS) is 13.3. The second-order valence-corrected chi connectivity index (χ2v) is 18.1. The molecule has 0 spiro atoms. The molecular formula is C33H37N3O5SSi. The number of nitrogens with one attached hydrogen (secondary N) is 1. The van der Waals surface area contributed by atoms with Gasteiger partial charge in [0.25, 0.3) is 0 Å². The van der Waals surface area contributed by atoms with Crippen LogP contribution in [0.15, 0.2) is 102 Å². The molecule has 0 radical (unpaired) electrons. The third kappa shape index (κ3) is 8.18. The highest BCUT2D eigenvalue weighted by Gasteiger charge is 2.41. The lowest BCUT2D eigenvalue weighted by atomic mass is 9.77. The number of carboxylic acids is 1. The van der Waals surface area contributed by atoms with Crippen LogP contribution in [0.5, 0.6) is 0 Å². The summed E-state index contributed by atoms with van der Waals surface area (Å²) in [5.41, 5.74) is 1.33. The van der Waals surface area contributed by atoms with Crippen molar-refractivity contribution >= 4 is 42.7 Å². The van der Waals surface area contributed by atoms with Crippen molar-refractivity contribution in [2.45, 2.75) is 50.2 Å². The fourth-order valence-electron chi connectivity index (χ4n) is 4.66. The first-order chi connectivity index (χ1) is 20.5. The van der Waals surface area contributed by atoms with Crippen LogP contribution in [0.2, 0.25) is 25.7 Å². The van der Waals surface area contributed by atoms with E-state index in [2.05, 4.69) is 66.5 Å². The topological polar surface area (TPSA) is 110 Å². The van der Waals surface area contributed by atoms with E-state index in [1.807, 2.05) is 60.0 Å². The molecule has 224 valence electrons. The summed E-state index contributed by atoms with van der Waals surface area (Å²) in [5, 5.41) is 18.8. The summed E-state index contributed by atoms with van der Waals surface area (Å²) in [4.78, 5) is 34.6. The third-order valence-corrected chi connectivity index (χ3v) is 9.43. The summed E-state index contributed by atoms with van der Waals surface area (Å²) in [6.07, 6.45) is 0.637. The molecule has 0 saturated carbocycles. The number of oxime groups is 1. The Morgan fingerprint density at radius 3 is 1.91 bits per heavy atom. The van der Waals surface area contributed by atoms with Gasteiger partial charge in [-0.25, -0.2) is 14.6 Å². The molecule has 8 nitrogen and oxygen atoms in total. The zero-order chi connectivity index (χ0) is 30.9. The molecule has 43 heavy (non-hydrogen) atoms. The molecular weight excluding hydrogens is 579 g/mol. The first kappa shape index (κ1) is 31.6. The Kier molecular flexibility index (Phi) is 10.2. The number of carboxylic acid groups (broad SMARTS) is 1. The Hall–Kier alpha value is -4.28. The van der Waals surface area contributed by atoms with Gasteiger partial charge in [0.05, 0.1) is 12.3 Å². The highest BCUT2D eigenvalue weighted by molar-refractivity contribution is 7.13. The quantitative estimate of drug-likeness (QED) is 0.0527. The summed E-state index contributed by atoms with van der Waals surface area (Å²) in [6, 6.07) is 31.4. The van der Waals surface area contributed by atoms with Crippen LogP contribution < -0.4 is 5.32 Å². The number of hydrogen-bond donors (Lipinski definition) is 2. The van der Waals surface area contributed by atoms with Crippen LogP contribution in [0, 0.1) is 0 Å². The standard InChI is InChI=1S/C33H37N3O5SSi/c1-32(41-34-23-29(37)38,30(39)40-20-21-43(2,3)4)22-28-24-42-31(35-28)36-33(25-14-8-5-9-15-25,26-16-10-6-11-17-26)27-18-12-7-13-19-27/h5-19,23-24H,20-22H2,1-4H3,(H,35,36)(H,37,38). The lowest BCUT2D eigenvalue weighted by Crippen LogP contribution is -2.42. The predicted molar refractivity (Wildman–Crippen MR) is 173 cm³/mol. The minimum atomic E-state index is -1.58. The van der Waals surface area contributed by atoms with Crippen molar-refractivity contribution in [2.75, 3.05) is 11.9 Å². The lowest BCUT2D eigenvalue weighted by Gasteiger charge is -2.36. The number of thiazole rings is 1. The minimum Gasteiger partial charge on any atom is -0.477 e. The summed E-state index contributed by atoms with van der Waals surface area (Å²) in [6.45, 7) is 8.37. The largest absolute Gasteiger partial charge is 0.477 e. The van der Waals surface area contributed by atoms with E-state index < -0.39 is 31.2 Å². The third-order valence-electron chi connectivity index (χ3n) is 6.92. The Balaban J connectivity index is 1.68. The molecule has 0 bridgehead atoms. The van der Waals surface area contributed by atoms with Gasteiger partial charge in [-0.3, -0.25) is 0 Å². The van der Waals surface area contributed by atoms with Gasteiger partial charge in [0.2, 0.25) is 5.60 Å². The molecule has 3 aromatic carbocycles. The maximum absolute atomic E-state index is 13.2. The van der Waals surface area contributed by atoms with E-state index >= 15 is 0 Å². The van der Waals surface area contributed by atoms with Crippen LogP contribution >= 0.6 is 11.3 Å². The number of rotatable bonds is 14. The number of anilines is 1. The van der Waals surface area contributed by atoms with Crippen LogP contribution in [0.1, 0.15) is 29.3 Å². The molecule has 0 aliphatic carbocycles. The fourth-order valence-corrected chi connectivity index (χ4v) is 6.14. The molecule has 4 rings (SSSR count).